The van der Waals surface area contributed by atoms with Gasteiger partial charge in [-0.1, -0.05) is 26.2 Å². The first-order valence-electron chi connectivity index (χ1n) is 6.86. The number of rotatable bonds is 7. The van der Waals surface area contributed by atoms with E-state index in [4.69, 9.17) is 4.74 Å². The molecule has 0 aliphatic rings. The van der Waals surface area contributed by atoms with Crippen LogP contribution in [0.2, 0.25) is 0 Å². The van der Waals surface area contributed by atoms with Gasteiger partial charge in [-0.15, -0.1) is 0 Å². The molecule has 0 bridgehead atoms. The molecule has 1 atom stereocenters. The maximum atomic E-state index is 5.92. The largest absolute Gasteiger partial charge is 0.472 e. The molecule has 0 amide bonds. The van der Waals surface area contributed by atoms with Crippen molar-refractivity contribution < 1.29 is 4.74 Å². The lowest BCUT2D eigenvalue weighted by atomic mass is 10.1. The Morgan fingerprint density at radius 2 is 2.21 bits per heavy atom. The maximum Gasteiger partial charge on any atom is 0.259 e. The van der Waals surface area contributed by atoms with Crippen LogP contribution in [0.4, 0.5) is 0 Å². The van der Waals surface area contributed by atoms with Gasteiger partial charge in [0, 0.05) is 18.6 Å². The molecule has 0 aliphatic carbocycles. The fourth-order valence-corrected chi connectivity index (χ4v) is 2.44. The SMILES string of the molecule is CCCCCCC(C)Oc1nc(Br)cn2ccnc12. The van der Waals surface area contributed by atoms with E-state index in [0.29, 0.717) is 5.88 Å². The van der Waals surface area contributed by atoms with Crippen LogP contribution in [-0.4, -0.2) is 20.5 Å². The molecule has 0 saturated heterocycles. The zero-order valence-corrected chi connectivity index (χ0v) is 13.1. The topological polar surface area (TPSA) is 39.4 Å². The molecule has 4 nitrogen and oxygen atoms in total. The molecule has 0 fully saturated rings. The van der Waals surface area contributed by atoms with E-state index >= 15 is 0 Å². The van der Waals surface area contributed by atoms with Gasteiger partial charge in [0.2, 0.25) is 5.65 Å². The molecule has 2 aromatic heterocycles. The number of hydrogen-bond acceptors (Lipinski definition) is 3. The lowest BCUT2D eigenvalue weighted by molar-refractivity contribution is 0.199. The molecule has 2 aromatic rings. The molecule has 0 saturated carbocycles. The summed E-state index contributed by atoms with van der Waals surface area (Å²) in [5.41, 5.74) is 0.767. The molecule has 0 N–H and O–H groups in total. The number of nitrogens with zero attached hydrogens (tertiary/aromatic N) is 3. The highest BCUT2D eigenvalue weighted by Crippen LogP contribution is 2.21. The summed E-state index contributed by atoms with van der Waals surface area (Å²) < 4.78 is 8.59. The Balaban J connectivity index is 1.98. The highest BCUT2D eigenvalue weighted by Gasteiger charge is 2.11. The molecule has 2 rings (SSSR count). The zero-order valence-electron chi connectivity index (χ0n) is 11.5. The van der Waals surface area contributed by atoms with Gasteiger partial charge in [0.15, 0.2) is 0 Å². The van der Waals surface area contributed by atoms with Crippen LogP contribution in [0.5, 0.6) is 5.88 Å². The smallest absolute Gasteiger partial charge is 0.259 e. The average Bonchev–Trinajstić information content (AvgIpc) is 2.82. The molecule has 5 heteroatoms. The Hall–Kier alpha value is -1.10. The number of imidazole rings is 1. The molecule has 2 heterocycles. The second-order valence-electron chi connectivity index (χ2n) is 4.80. The van der Waals surface area contributed by atoms with Crippen LogP contribution < -0.4 is 4.74 Å². The van der Waals surface area contributed by atoms with Gasteiger partial charge in [-0.25, -0.2) is 9.97 Å². The monoisotopic (exact) mass is 325 g/mol. The third-order valence-corrected chi connectivity index (χ3v) is 3.47. The van der Waals surface area contributed by atoms with Crippen LogP contribution in [0.25, 0.3) is 5.65 Å². The van der Waals surface area contributed by atoms with Crippen LogP contribution in [0.15, 0.2) is 23.2 Å². The van der Waals surface area contributed by atoms with Gasteiger partial charge in [0.25, 0.3) is 5.88 Å². The number of aromatic nitrogens is 3. The molecule has 0 spiro atoms. The van der Waals surface area contributed by atoms with Crippen LogP contribution in [-0.2, 0) is 0 Å². The van der Waals surface area contributed by atoms with E-state index in [1.165, 1.54) is 25.7 Å². The van der Waals surface area contributed by atoms with Crippen molar-refractivity contribution in [3.63, 3.8) is 0 Å². The highest BCUT2D eigenvalue weighted by atomic mass is 79.9. The van der Waals surface area contributed by atoms with Crippen molar-refractivity contribution in [2.75, 3.05) is 0 Å². The summed E-state index contributed by atoms with van der Waals surface area (Å²) in [6, 6.07) is 0. The van der Waals surface area contributed by atoms with Crippen molar-refractivity contribution in [3.8, 4) is 5.88 Å². The van der Waals surface area contributed by atoms with E-state index in [9.17, 15) is 0 Å². The van der Waals surface area contributed by atoms with E-state index in [0.717, 1.165) is 16.7 Å². The van der Waals surface area contributed by atoms with Gasteiger partial charge in [0.1, 0.15) is 4.60 Å². The summed E-state index contributed by atoms with van der Waals surface area (Å²) in [6.07, 6.45) is 11.8. The van der Waals surface area contributed by atoms with Crippen LogP contribution in [0, 0.1) is 0 Å². The van der Waals surface area contributed by atoms with Gasteiger partial charge in [-0.3, -0.25) is 4.40 Å². The van der Waals surface area contributed by atoms with Gasteiger partial charge in [0.05, 0.1) is 6.10 Å². The van der Waals surface area contributed by atoms with Gasteiger partial charge in [-0.2, -0.15) is 0 Å². The van der Waals surface area contributed by atoms with Crippen LogP contribution in [0.3, 0.4) is 0 Å². The number of hydrogen-bond donors (Lipinski definition) is 0. The Bertz CT molecular complexity index is 526. The third-order valence-electron chi connectivity index (χ3n) is 3.09. The van der Waals surface area contributed by atoms with E-state index in [2.05, 4.69) is 39.7 Å². The van der Waals surface area contributed by atoms with Gasteiger partial charge >= 0.3 is 0 Å². The summed E-state index contributed by atoms with van der Waals surface area (Å²) in [4.78, 5) is 8.65. The lowest BCUT2D eigenvalue weighted by Gasteiger charge is -2.14. The van der Waals surface area contributed by atoms with E-state index in [1.54, 1.807) is 6.20 Å². The molecule has 104 valence electrons. The van der Waals surface area contributed by atoms with Gasteiger partial charge in [-0.05, 0) is 35.7 Å². The predicted molar refractivity (Wildman–Crippen MR) is 79.5 cm³/mol. The first kappa shape index (κ1) is 14.3. The minimum absolute atomic E-state index is 0.166. The van der Waals surface area contributed by atoms with E-state index in [1.807, 2.05) is 16.8 Å². The standard InChI is InChI=1S/C14H20BrN3O/c1-3-4-5-6-7-11(2)19-14-13-16-8-9-18(13)10-12(15)17-14/h8-11H,3-7H2,1-2H3. The third kappa shape index (κ3) is 3.93. The normalized spacial score (nSPS) is 12.8. The summed E-state index contributed by atoms with van der Waals surface area (Å²) >= 11 is 3.39. The summed E-state index contributed by atoms with van der Waals surface area (Å²) in [6.45, 7) is 4.31. The fraction of sp³-hybridized carbons (Fsp3) is 0.571. The second kappa shape index (κ2) is 6.89. The van der Waals surface area contributed by atoms with Crippen molar-refractivity contribution in [1.82, 2.24) is 14.4 Å². The minimum Gasteiger partial charge on any atom is -0.472 e. The minimum atomic E-state index is 0.166. The number of unbranched alkanes of at least 4 members (excludes halogenated alkanes) is 3. The Morgan fingerprint density at radius 1 is 1.37 bits per heavy atom. The lowest BCUT2D eigenvalue weighted by Crippen LogP contribution is -2.13. The molecular formula is C14H20BrN3O. The van der Waals surface area contributed by atoms with Crippen molar-refractivity contribution in [3.05, 3.63) is 23.2 Å². The zero-order chi connectivity index (χ0) is 13.7. The quantitative estimate of drug-likeness (QED) is 0.715. The Labute approximate surface area is 122 Å². The molecular weight excluding hydrogens is 306 g/mol. The Kier molecular flexibility index (Phi) is 5.19. The molecule has 19 heavy (non-hydrogen) atoms. The summed E-state index contributed by atoms with van der Waals surface area (Å²) in [7, 11) is 0. The highest BCUT2D eigenvalue weighted by molar-refractivity contribution is 9.10. The fourth-order valence-electron chi connectivity index (χ4n) is 2.06. The first-order chi connectivity index (χ1) is 9.20. The Morgan fingerprint density at radius 3 is 3.00 bits per heavy atom. The van der Waals surface area contributed by atoms with Crippen LogP contribution >= 0.6 is 15.9 Å². The first-order valence-corrected chi connectivity index (χ1v) is 7.66. The van der Waals surface area contributed by atoms with Crippen molar-refractivity contribution in [2.24, 2.45) is 0 Å². The maximum absolute atomic E-state index is 5.92. The van der Waals surface area contributed by atoms with Crippen molar-refractivity contribution in [1.29, 1.82) is 0 Å². The number of ether oxygens (including phenoxy) is 1. The molecule has 0 aliphatic heterocycles. The summed E-state index contributed by atoms with van der Waals surface area (Å²) in [5.74, 6) is 0.599. The molecule has 0 radical (unpaired) electrons. The van der Waals surface area contributed by atoms with Crippen molar-refractivity contribution >= 4 is 21.6 Å². The number of halogens is 1. The predicted octanol–water partition coefficient (Wildman–Crippen LogP) is 4.23. The van der Waals surface area contributed by atoms with Crippen LogP contribution in [0.1, 0.15) is 46.0 Å². The average molecular weight is 326 g/mol. The molecule has 0 aromatic carbocycles. The van der Waals surface area contributed by atoms with Crippen molar-refractivity contribution in [2.45, 2.75) is 52.1 Å². The van der Waals surface area contributed by atoms with Gasteiger partial charge < -0.3 is 4.74 Å². The number of fused-ring (bicyclic) bond motifs is 1. The summed E-state index contributed by atoms with van der Waals surface area (Å²) in [5, 5.41) is 0. The second-order valence-corrected chi connectivity index (χ2v) is 5.62. The molecule has 1 unspecified atom stereocenters. The van der Waals surface area contributed by atoms with E-state index in [-0.39, 0.29) is 6.10 Å². The van der Waals surface area contributed by atoms with E-state index < -0.39 is 0 Å².